The zero-order valence-electron chi connectivity index (χ0n) is 15.8. The van der Waals surface area contributed by atoms with Crippen molar-refractivity contribution in [2.75, 3.05) is 29.9 Å². The molecule has 5 nitrogen and oxygen atoms in total. The number of nitrogens with one attached hydrogen (secondary N) is 2. The summed E-state index contributed by atoms with van der Waals surface area (Å²) in [5.74, 6) is 0. The summed E-state index contributed by atoms with van der Waals surface area (Å²) >= 11 is 0. The predicted octanol–water partition coefficient (Wildman–Crippen LogP) is 5.41. The smallest absolute Gasteiger partial charge is 0.0613 e. The summed E-state index contributed by atoms with van der Waals surface area (Å²) in [6.45, 7) is 5.54. The standard InChI is InChI=1S/C23H25N5/c1-16(17-6-3-2-4-7-17)22-14-18(24)8-10-20(22)21-11-9-19(25)15-23(21)27-12-5-13-28-26/h2-4,6-11,14-15,26-27H,1,5,12-13,24-25H2. The molecule has 0 fully saturated rings. The molecule has 0 bridgehead atoms. The van der Waals surface area contributed by atoms with Crippen LogP contribution < -0.4 is 16.8 Å². The van der Waals surface area contributed by atoms with Crippen LogP contribution in [0, 0.1) is 5.53 Å². The van der Waals surface area contributed by atoms with Crippen LogP contribution in [0.3, 0.4) is 0 Å². The van der Waals surface area contributed by atoms with Crippen molar-refractivity contribution in [2.24, 2.45) is 5.11 Å². The van der Waals surface area contributed by atoms with Crippen molar-refractivity contribution in [3.63, 3.8) is 0 Å². The van der Waals surface area contributed by atoms with Gasteiger partial charge < -0.3 is 16.8 Å². The Balaban J connectivity index is 2.04. The third kappa shape index (κ3) is 4.38. The maximum atomic E-state index is 6.93. The van der Waals surface area contributed by atoms with Gasteiger partial charge in [0.15, 0.2) is 0 Å². The van der Waals surface area contributed by atoms with Crippen molar-refractivity contribution in [1.29, 1.82) is 5.53 Å². The molecule has 0 aliphatic heterocycles. The van der Waals surface area contributed by atoms with Gasteiger partial charge in [0.25, 0.3) is 0 Å². The van der Waals surface area contributed by atoms with Crippen molar-refractivity contribution < 1.29 is 0 Å². The Bertz CT molecular complexity index is 980. The summed E-state index contributed by atoms with van der Waals surface area (Å²) in [5.41, 5.74) is 26.4. The molecule has 3 rings (SSSR count). The van der Waals surface area contributed by atoms with Crippen LogP contribution in [0.1, 0.15) is 17.5 Å². The van der Waals surface area contributed by atoms with Gasteiger partial charge in [0.2, 0.25) is 0 Å². The number of nitrogens with zero attached hydrogens (tertiary/aromatic N) is 1. The molecule has 3 aromatic carbocycles. The summed E-state index contributed by atoms with van der Waals surface area (Å²) in [6, 6.07) is 21.8. The van der Waals surface area contributed by atoms with Crippen LogP contribution in [0.5, 0.6) is 0 Å². The van der Waals surface area contributed by atoms with Crippen LogP contribution in [0.2, 0.25) is 0 Å². The van der Waals surface area contributed by atoms with Crippen LogP contribution in [-0.4, -0.2) is 13.1 Å². The lowest BCUT2D eigenvalue weighted by molar-refractivity contribution is 0.811. The van der Waals surface area contributed by atoms with Crippen LogP contribution >= 0.6 is 0 Å². The van der Waals surface area contributed by atoms with Gasteiger partial charge in [-0.25, -0.2) is 5.53 Å². The van der Waals surface area contributed by atoms with E-state index in [-0.39, 0.29) is 0 Å². The summed E-state index contributed by atoms with van der Waals surface area (Å²) in [4.78, 5) is 0. The highest BCUT2D eigenvalue weighted by Crippen LogP contribution is 2.37. The third-order valence-electron chi connectivity index (χ3n) is 4.59. The molecule has 3 aromatic rings. The molecule has 0 saturated heterocycles. The Labute approximate surface area is 165 Å². The summed E-state index contributed by atoms with van der Waals surface area (Å²) in [5, 5.41) is 6.83. The Morgan fingerprint density at radius 1 is 0.929 bits per heavy atom. The van der Waals surface area contributed by atoms with Crippen LogP contribution in [-0.2, 0) is 0 Å². The Hall–Kier alpha value is -3.60. The van der Waals surface area contributed by atoms with Gasteiger partial charge in [0.05, 0.1) is 6.54 Å². The van der Waals surface area contributed by atoms with Crippen molar-refractivity contribution in [3.05, 3.63) is 84.4 Å². The quantitative estimate of drug-likeness (QED) is 0.242. The molecule has 0 spiro atoms. The largest absolute Gasteiger partial charge is 0.399 e. The van der Waals surface area contributed by atoms with Gasteiger partial charge in [-0.2, -0.15) is 5.11 Å². The molecule has 0 heterocycles. The van der Waals surface area contributed by atoms with Gasteiger partial charge in [-0.05, 0) is 52.9 Å². The second-order valence-corrected chi connectivity index (χ2v) is 6.62. The minimum atomic E-state index is 0.503. The van der Waals surface area contributed by atoms with Gasteiger partial charge in [-0.3, -0.25) is 0 Å². The molecule has 0 aromatic heterocycles. The van der Waals surface area contributed by atoms with Gasteiger partial charge in [-0.1, -0.05) is 49.0 Å². The van der Waals surface area contributed by atoms with E-state index in [1.165, 1.54) is 0 Å². The Kier molecular flexibility index (Phi) is 6.07. The number of benzene rings is 3. The highest BCUT2D eigenvalue weighted by molar-refractivity contribution is 5.93. The fourth-order valence-corrected chi connectivity index (χ4v) is 3.17. The molecule has 0 atom stereocenters. The maximum absolute atomic E-state index is 6.93. The van der Waals surface area contributed by atoms with E-state index in [1.54, 1.807) is 0 Å². The average Bonchev–Trinajstić information content (AvgIpc) is 2.72. The monoisotopic (exact) mass is 371 g/mol. The first-order chi connectivity index (χ1) is 13.6. The number of hydrogen-bond acceptors (Lipinski definition) is 5. The van der Waals surface area contributed by atoms with E-state index in [2.05, 4.69) is 17.0 Å². The fraction of sp³-hybridized carbons (Fsp3) is 0.130. The molecule has 5 heteroatoms. The molecule has 142 valence electrons. The molecular weight excluding hydrogens is 346 g/mol. The Morgan fingerprint density at radius 3 is 2.32 bits per heavy atom. The number of anilines is 3. The van der Waals surface area contributed by atoms with Crippen molar-refractivity contribution in [3.8, 4) is 11.1 Å². The topological polar surface area (TPSA) is 100 Å². The van der Waals surface area contributed by atoms with Gasteiger partial charge in [0.1, 0.15) is 0 Å². The lowest BCUT2D eigenvalue weighted by Crippen LogP contribution is -2.05. The summed E-state index contributed by atoms with van der Waals surface area (Å²) in [7, 11) is 0. The fourth-order valence-electron chi connectivity index (χ4n) is 3.17. The second-order valence-electron chi connectivity index (χ2n) is 6.62. The molecular formula is C23H25N5. The first-order valence-corrected chi connectivity index (χ1v) is 9.21. The number of nitrogen functional groups attached to an aromatic ring is 2. The SMILES string of the molecule is C=C(c1ccccc1)c1cc(N)ccc1-c1ccc(N)cc1NCCCN=N. The third-order valence-corrected chi connectivity index (χ3v) is 4.59. The molecule has 0 aliphatic rings. The molecule has 28 heavy (non-hydrogen) atoms. The van der Waals surface area contributed by atoms with E-state index in [4.69, 9.17) is 17.0 Å². The predicted molar refractivity (Wildman–Crippen MR) is 118 cm³/mol. The van der Waals surface area contributed by atoms with Gasteiger partial charge in [-0.15, -0.1) is 0 Å². The number of hydrogen-bond donors (Lipinski definition) is 4. The molecule has 0 amide bonds. The van der Waals surface area contributed by atoms with E-state index in [1.807, 2.05) is 66.7 Å². The molecule has 0 aliphatic carbocycles. The lowest BCUT2D eigenvalue weighted by atomic mass is 9.90. The van der Waals surface area contributed by atoms with Gasteiger partial charge >= 0.3 is 0 Å². The van der Waals surface area contributed by atoms with Crippen LogP contribution in [0.4, 0.5) is 17.1 Å². The van der Waals surface area contributed by atoms with E-state index < -0.39 is 0 Å². The van der Waals surface area contributed by atoms with Crippen molar-refractivity contribution in [2.45, 2.75) is 6.42 Å². The average molecular weight is 371 g/mol. The van der Waals surface area contributed by atoms with Crippen molar-refractivity contribution in [1.82, 2.24) is 0 Å². The number of nitrogens with two attached hydrogens (primary N) is 2. The van der Waals surface area contributed by atoms with Crippen LogP contribution in [0.15, 0.2) is 78.4 Å². The molecule has 0 unspecified atom stereocenters. The van der Waals surface area contributed by atoms with E-state index in [0.29, 0.717) is 24.5 Å². The minimum Gasteiger partial charge on any atom is -0.399 e. The van der Waals surface area contributed by atoms with E-state index >= 15 is 0 Å². The second kappa shape index (κ2) is 8.86. The summed E-state index contributed by atoms with van der Waals surface area (Å²) in [6.07, 6.45) is 0.781. The highest BCUT2D eigenvalue weighted by Gasteiger charge is 2.14. The summed E-state index contributed by atoms with van der Waals surface area (Å²) < 4.78 is 0. The first-order valence-electron chi connectivity index (χ1n) is 9.21. The van der Waals surface area contributed by atoms with Crippen LogP contribution in [0.25, 0.3) is 16.7 Å². The zero-order chi connectivity index (χ0) is 19.9. The number of rotatable bonds is 8. The lowest BCUT2D eigenvalue weighted by Gasteiger charge is -2.18. The van der Waals surface area contributed by atoms with Gasteiger partial charge in [0, 0.05) is 29.2 Å². The Morgan fingerprint density at radius 2 is 1.61 bits per heavy atom. The zero-order valence-corrected chi connectivity index (χ0v) is 15.8. The minimum absolute atomic E-state index is 0.503. The van der Waals surface area contributed by atoms with E-state index in [0.717, 1.165) is 39.9 Å². The van der Waals surface area contributed by atoms with E-state index in [9.17, 15) is 0 Å². The first kappa shape index (κ1) is 19.2. The highest BCUT2D eigenvalue weighted by atomic mass is 15.0. The molecule has 0 radical (unpaired) electrons. The normalized spacial score (nSPS) is 10.4. The van der Waals surface area contributed by atoms with Crippen molar-refractivity contribution >= 4 is 22.6 Å². The maximum Gasteiger partial charge on any atom is 0.0613 e. The molecule has 6 N–H and O–H groups in total. The molecule has 0 saturated carbocycles.